The normalized spacial score (nSPS) is 14.3. The van der Waals surface area contributed by atoms with Crippen molar-refractivity contribution < 1.29 is 9.69 Å². The highest BCUT2D eigenvalue weighted by molar-refractivity contribution is 7.18. The van der Waals surface area contributed by atoms with Gasteiger partial charge >= 0.3 is 0 Å². The van der Waals surface area contributed by atoms with Gasteiger partial charge in [0, 0.05) is 10.6 Å². The number of amides is 1. The topological polar surface area (TPSA) is 79.3 Å². The Kier molecular flexibility index (Phi) is 4.80. The number of likely N-dealkylation sites (N-methyl/N-ethyl adjacent to an activating group) is 1. The lowest BCUT2D eigenvalue weighted by atomic mass is 10.2. The molecule has 0 bridgehead atoms. The van der Waals surface area contributed by atoms with Gasteiger partial charge in [0.05, 0.1) is 12.4 Å². The summed E-state index contributed by atoms with van der Waals surface area (Å²) >= 11 is 1.64. The number of H-pyrrole nitrogens is 1. The number of hydrogen-bond acceptors (Lipinski definition) is 4. The van der Waals surface area contributed by atoms with E-state index in [1.165, 1.54) is 10.4 Å². The van der Waals surface area contributed by atoms with Crippen LogP contribution < -0.4 is 15.8 Å². The molecule has 140 valence electrons. The number of hydrogen-bond donors (Lipinski definition) is 3. The number of thiophene rings is 1. The van der Waals surface area contributed by atoms with E-state index in [9.17, 15) is 9.59 Å². The molecular formula is C20H23N4O2S+. The lowest BCUT2D eigenvalue weighted by Crippen LogP contribution is -3.08. The largest absolute Gasteiger partial charge is 0.323 e. The molecule has 1 amide bonds. The maximum absolute atomic E-state index is 12.5. The highest BCUT2D eigenvalue weighted by Crippen LogP contribution is 2.34. The predicted molar refractivity (Wildman–Crippen MR) is 108 cm³/mol. The summed E-state index contributed by atoms with van der Waals surface area (Å²) in [6.45, 7) is 2.81. The number of aromatic nitrogens is 2. The Labute approximate surface area is 161 Å². The smallest absolute Gasteiger partial charge is 0.279 e. The molecule has 0 saturated carbocycles. The van der Waals surface area contributed by atoms with Crippen molar-refractivity contribution in [2.75, 3.05) is 18.9 Å². The molecule has 0 fully saturated rings. The third-order valence-electron chi connectivity index (χ3n) is 4.89. The van der Waals surface area contributed by atoms with Crippen LogP contribution in [-0.2, 0) is 24.2 Å². The maximum atomic E-state index is 12.5. The molecule has 1 unspecified atom stereocenters. The van der Waals surface area contributed by atoms with Crippen molar-refractivity contribution in [3.63, 3.8) is 0 Å². The van der Waals surface area contributed by atoms with E-state index < -0.39 is 0 Å². The van der Waals surface area contributed by atoms with Gasteiger partial charge in [-0.2, -0.15) is 0 Å². The molecule has 2 heterocycles. The van der Waals surface area contributed by atoms with Gasteiger partial charge in [-0.25, -0.2) is 4.98 Å². The highest BCUT2D eigenvalue weighted by atomic mass is 32.1. The van der Waals surface area contributed by atoms with Crippen LogP contribution in [0.25, 0.3) is 10.2 Å². The Morgan fingerprint density at radius 2 is 2.07 bits per heavy atom. The fourth-order valence-electron chi connectivity index (χ4n) is 3.60. The average molecular weight is 383 g/mol. The quantitative estimate of drug-likeness (QED) is 0.624. The van der Waals surface area contributed by atoms with Crippen LogP contribution in [-0.4, -0.2) is 29.5 Å². The molecule has 27 heavy (non-hydrogen) atoms. The van der Waals surface area contributed by atoms with Crippen molar-refractivity contribution in [2.24, 2.45) is 0 Å². The predicted octanol–water partition coefficient (Wildman–Crippen LogP) is 1.44. The number of nitrogens with one attached hydrogen (secondary N) is 3. The lowest BCUT2D eigenvalue weighted by molar-refractivity contribution is -0.885. The Morgan fingerprint density at radius 3 is 2.85 bits per heavy atom. The van der Waals surface area contributed by atoms with Crippen LogP contribution in [0.1, 0.15) is 28.2 Å². The summed E-state index contributed by atoms with van der Waals surface area (Å²) in [4.78, 5) is 35.4. The maximum Gasteiger partial charge on any atom is 0.279 e. The number of benzene rings is 1. The summed E-state index contributed by atoms with van der Waals surface area (Å²) in [6.07, 6.45) is 3.15. The minimum atomic E-state index is -0.0603. The van der Waals surface area contributed by atoms with E-state index in [2.05, 4.69) is 15.3 Å². The van der Waals surface area contributed by atoms with Gasteiger partial charge in [-0.1, -0.05) is 17.7 Å². The van der Waals surface area contributed by atoms with E-state index in [1.54, 1.807) is 11.3 Å². The van der Waals surface area contributed by atoms with Crippen molar-refractivity contribution in [3.8, 4) is 0 Å². The number of aryl methyl sites for hydroxylation is 3. The average Bonchev–Trinajstić information content (AvgIpc) is 3.17. The number of aromatic amines is 1. The van der Waals surface area contributed by atoms with E-state index in [0.717, 1.165) is 45.6 Å². The minimum Gasteiger partial charge on any atom is -0.323 e. The molecular weight excluding hydrogens is 360 g/mol. The standard InChI is InChI=1S/C20H22N4O2S/c1-12-6-8-13(9-7-12)21-17(25)11-24(2)10-16-22-19(26)18-14-4-3-5-15(14)27-20(18)23-16/h6-9H,3-5,10-11H2,1-2H3,(H,21,25)(H,22,23,26)/p+1. The summed E-state index contributed by atoms with van der Waals surface area (Å²) in [6, 6.07) is 7.72. The Bertz CT molecular complexity index is 1050. The molecule has 1 aliphatic carbocycles. The van der Waals surface area contributed by atoms with Gasteiger partial charge in [0.15, 0.2) is 12.4 Å². The number of quaternary nitrogens is 1. The monoisotopic (exact) mass is 383 g/mol. The molecule has 1 atom stereocenters. The van der Waals surface area contributed by atoms with E-state index in [4.69, 9.17) is 0 Å². The van der Waals surface area contributed by atoms with E-state index in [-0.39, 0.29) is 11.5 Å². The molecule has 0 aliphatic heterocycles. The van der Waals surface area contributed by atoms with Gasteiger partial charge < -0.3 is 15.2 Å². The summed E-state index contributed by atoms with van der Waals surface area (Å²) in [5.74, 6) is 0.572. The van der Waals surface area contributed by atoms with E-state index >= 15 is 0 Å². The number of carbonyl (C=O) groups is 1. The van der Waals surface area contributed by atoms with Crippen molar-refractivity contribution in [2.45, 2.75) is 32.7 Å². The number of carbonyl (C=O) groups excluding carboxylic acids is 1. The Morgan fingerprint density at radius 1 is 1.30 bits per heavy atom. The van der Waals surface area contributed by atoms with E-state index in [1.807, 2.05) is 38.2 Å². The van der Waals surface area contributed by atoms with E-state index in [0.29, 0.717) is 18.9 Å². The summed E-state index contributed by atoms with van der Waals surface area (Å²) in [5, 5.41) is 3.67. The van der Waals surface area contributed by atoms with Gasteiger partial charge in [0.2, 0.25) is 0 Å². The first-order chi connectivity index (χ1) is 13.0. The zero-order chi connectivity index (χ0) is 19.0. The minimum absolute atomic E-state index is 0.0497. The molecule has 0 saturated heterocycles. The van der Waals surface area contributed by atoms with Crippen molar-refractivity contribution >= 4 is 33.1 Å². The van der Waals surface area contributed by atoms with Gasteiger partial charge in [-0.05, 0) is 43.9 Å². The molecule has 3 N–H and O–H groups in total. The molecule has 0 spiro atoms. The van der Waals surface area contributed by atoms with Gasteiger partial charge in [0.25, 0.3) is 11.5 Å². The van der Waals surface area contributed by atoms with Crippen molar-refractivity contribution in [3.05, 3.63) is 56.4 Å². The Balaban J connectivity index is 1.43. The van der Waals surface area contributed by atoms with Crippen LogP contribution in [0.2, 0.25) is 0 Å². The van der Waals surface area contributed by atoms with Crippen LogP contribution in [0.5, 0.6) is 0 Å². The molecule has 1 aliphatic rings. The molecule has 3 aromatic rings. The molecule has 0 radical (unpaired) electrons. The third-order valence-corrected chi connectivity index (χ3v) is 6.08. The zero-order valence-corrected chi connectivity index (χ0v) is 16.3. The van der Waals surface area contributed by atoms with Gasteiger partial charge in [-0.3, -0.25) is 9.59 Å². The van der Waals surface area contributed by atoms with Crippen LogP contribution in [0.3, 0.4) is 0 Å². The summed E-state index contributed by atoms with van der Waals surface area (Å²) < 4.78 is 0. The van der Waals surface area contributed by atoms with Gasteiger partial charge in [-0.15, -0.1) is 11.3 Å². The number of fused-ring (bicyclic) bond motifs is 3. The Hall–Kier alpha value is -2.51. The third kappa shape index (κ3) is 3.79. The van der Waals surface area contributed by atoms with Crippen molar-refractivity contribution in [1.82, 2.24) is 9.97 Å². The number of rotatable bonds is 5. The van der Waals surface area contributed by atoms with Crippen LogP contribution in [0, 0.1) is 6.92 Å². The fourth-order valence-corrected chi connectivity index (χ4v) is 4.88. The number of anilines is 1. The second-order valence-electron chi connectivity index (χ2n) is 7.27. The zero-order valence-electron chi connectivity index (χ0n) is 15.5. The van der Waals surface area contributed by atoms with Crippen LogP contribution >= 0.6 is 11.3 Å². The fraction of sp³-hybridized carbons (Fsp3) is 0.350. The molecule has 1 aromatic carbocycles. The SMILES string of the molecule is Cc1ccc(NC(=O)C[NH+](C)Cc2nc3sc4c(c3c(=O)[nH]2)CCC4)cc1. The first-order valence-corrected chi connectivity index (χ1v) is 10.0. The van der Waals surface area contributed by atoms with Crippen molar-refractivity contribution in [1.29, 1.82) is 0 Å². The van der Waals surface area contributed by atoms with Gasteiger partial charge in [0.1, 0.15) is 11.4 Å². The molecule has 7 heteroatoms. The molecule has 6 nitrogen and oxygen atoms in total. The first kappa shape index (κ1) is 17.9. The summed E-state index contributed by atoms with van der Waals surface area (Å²) in [5.41, 5.74) is 3.08. The lowest BCUT2D eigenvalue weighted by Gasteiger charge is -2.13. The summed E-state index contributed by atoms with van der Waals surface area (Å²) in [7, 11) is 1.92. The second-order valence-corrected chi connectivity index (χ2v) is 8.36. The molecule has 4 rings (SSSR count). The molecule has 2 aromatic heterocycles. The van der Waals surface area contributed by atoms with Crippen LogP contribution in [0.15, 0.2) is 29.1 Å². The second kappa shape index (κ2) is 7.25. The van der Waals surface area contributed by atoms with Crippen LogP contribution in [0.4, 0.5) is 5.69 Å². The number of nitrogens with zero attached hydrogens (tertiary/aromatic N) is 1. The highest BCUT2D eigenvalue weighted by Gasteiger charge is 2.22. The first-order valence-electron chi connectivity index (χ1n) is 9.21.